The Labute approximate surface area is 165 Å². The molecule has 1 amide bonds. The lowest BCUT2D eigenvalue weighted by Crippen LogP contribution is -2.38. The molecule has 0 fully saturated rings. The molecule has 3 aromatic rings. The van der Waals surface area contributed by atoms with Crippen molar-refractivity contribution in [2.24, 2.45) is 0 Å². The van der Waals surface area contributed by atoms with Gasteiger partial charge in [-0.3, -0.25) is 9.10 Å². The Balaban J connectivity index is 1.91. The van der Waals surface area contributed by atoms with E-state index in [0.717, 1.165) is 15.4 Å². The molecule has 0 saturated heterocycles. The van der Waals surface area contributed by atoms with Crippen molar-refractivity contribution in [3.63, 3.8) is 0 Å². The van der Waals surface area contributed by atoms with Gasteiger partial charge in [-0.2, -0.15) is 0 Å². The van der Waals surface area contributed by atoms with Crippen molar-refractivity contribution >= 4 is 27.3 Å². The number of carbonyl (C=O) groups is 1. The average molecular weight is 394 g/mol. The minimum atomic E-state index is -3.89. The lowest BCUT2D eigenvalue weighted by Gasteiger charge is -2.24. The number of anilines is 2. The third kappa shape index (κ3) is 4.58. The standard InChI is InChI=1S/C22H22N2O3S/c1-17-11-13-21(14-12-17)28(26,27)24(20-9-4-3-5-10-20)16-22(25)23-19-8-6-7-18(2)15-19/h3-15H,16H2,1-2H3,(H,23,25). The zero-order valence-electron chi connectivity index (χ0n) is 15.8. The van der Waals surface area contributed by atoms with Gasteiger partial charge < -0.3 is 5.32 Å². The molecule has 0 aromatic heterocycles. The van der Waals surface area contributed by atoms with Gasteiger partial charge in [0.15, 0.2) is 0 Å². The highest BCUT2D eigenvalue weighted by atomic mass is 32.2. The van der Waals surface area contributed by atoms with Crippen LogP contribution in [0.2, 0.25) is 0 Å². The molecule has 3 rings (SSSR count). The number of para-hydroxylation sites is 1. The summed E-state index contributed by atoms with van der Waals surface area (Å²) in [5.41, 5.74) is 3.03. The summed E-state index contributed by atoms with van der Waals surface area (Å²) in [6.45, 7) is 3.49. The SMILES string of the molecule is Cc1ccc(S(=O)(=O)N(CC(=O)Nc2cccc(C)c2)c2ccccc2)cc1. The van der Waals surface area contributed by atoms with Crippen molar-refractivity contribution < 1.29 is 13.2 Å². The number of nitrogens with one attached hydrogen (secondary N) is 1. The van der Waals surface area contributed by atoms with Gasteiger partial charge in [-0.25, -0.2) is 8.42 Å². The smallest absolute Gasteiger partial charge is 0.264 e. The van der Waals surface area contributed by atoms with Gasteiger partial charge in [0.1, 0.15) is 6.54 Å². The van der Waals surface area contributed by atoms with Crippen molar-refractivity contribution in [2.75, 3.05) is 16.2 Å². The molecule has 28 heavy (non-hydrogen) atoms. The van der Waals surface area contributed by atoms with Crippen LogP contribution in [0.25, 0.3) is 0 Å². The molecule has 0 unspecified atom stereocenters. The van der Waals surface area contributed by atoms with Gasteiger partial charge in [0.2, 0.25) is 5.91 Å². The number of sulfonamides is 1. The van der Waals surface area contributed by atoms with E-state index in [1.807, 2.05) is 32.0 Å². The summed E-state index contributed by atoms with van der Waals surface area (Å²) in [5.74, 6) is -0.412. The Morgan fingerprint density at radius 2 is 1.54 bits per heavy atom. The number of rotatable bonds is 6. The van der Waals surface area contributed by atoms with Crippen molar-refractivity contribution in [1.82, 2.24) is 0 Å². The van der Waals surface area contributed by atoms with Crippen LogP contribution in [0.1, 0.15) is 11.1 Å². The first-order chi connectivity index (χ1) is 13.4. The number of hydrogen-bond acceptors (Lipinski definition) is 3. The van der Waals surface area contributed by atoms with Gasteiger partial charge in [0, 0.05) is 5.69 Å². The predicted octanol–water partition coefficient (Wildman–Crippen LogP) is 4.14. The van der Waals surface area contributed by atoms with E-state index in [0.29, 0.717) is 11.4 Å². The minimum absolute atomic E-state index is 0.144. The summed E-state index contributed by atoms with van der Waals surface area (Å²) in [5, 5.41) is 2.77. The van der Waals surface area contributed by atoms with Crippen LogP contribution in [-0.4, -0.2) is 20.9 Å². The Hall–Kier alpha value is -3.12. The van der Waals surface area contributed by atoms with Gasteiger partial charge in [0.05, 0.1) is 10.6 Å². The molecule has 6 heteroatoms. The lowest BCUT2D eigenvalue weighted by molar-refractivity contribution is -0.114. The first-order valence-corrected chi connectivity index (χ1v) is 10.3. The molecule has 0 bridgehead atoms. The van der Waals surface area contributed by atoms with E-state index in [-0.39, 0.29) is 11.4 Å². The van der Waals surface area contributed by atoms with Crippen LogP contribution in [0, 0.1) is 13.8 Å². The largest absolute Gasteiger partial charge is 0.325 e. The second-order valence-corrected chi connectivity index (χ2v) is 8.44. The summed E-state index contributed by atoms with van der Waals surface area (Å²) < 4.78 is 27.6. The van der Waals surface area contributed by atoms with E-state index < -0.39 is 15.9 Å². The van der Waals surface area contributed by atoms with Crippen LogP contribution in [0.4, 0.5) is 11.4 Å². The molecule has 0 atom stereocenters. The molecule has 0 saturated carbocycles. The van der Waals surface area contributed by atoms with Gasteiger partial charge in [0.25, 0.3) is 10.0 Å². The number of benzene rings is 3. The van der Waals surface area contributed by atoms with Gasteiger partial charge in [-0.05, 0) is 55.8 Å². The number of amides is 1. The first kappa shape index (κ1) is 19.6. The third-order valence-corrected chi connectivity index (χ3v) is 6.03. The fourth-order valence-electron chi connectivity index (χ4n) is 2.80. The van der Waals surface area contributed by atoms with Crippen LogP contribution in [0.3, 0.4) is 0 Å². The van der Waals surface area contributed by atoms with E-state index in [1.54, 1.807) is 60.7 Å². The summed E-state index contributed by atoms with van der Waals surface area (Å²) in [7, 11) is -3.89. The molecule has 5 nitrogen and oxygen atoms in total. The minimum Gasteiger partial charge on any atom is -0.325 e. The Morgan fingerprint density at radius 1 is 0.857 bits per heavy atom. The maximum Gasteiger partial charge on any atom is 0.264 e. The first-order valence-electron chi connectivity index (χ1n) is 8.87. The van der Waals surface area contributed by atoms with Crippen LogP contribution in [-0.2, 0) is 14.8 Å². The number of nitrogens with zero attached hydrogens (tertiary/aromatic N) is 1. The third-order valence-electron chi connectivity index (χ3n) is 4.24. The molecular formula is C22H22N2O3S. The summed E-state index contributed by atoms with van der Waals surface area (Å²) in [6, 6.07) is 22.6. The Kier molecular flexibility index (Phi) is 5.80. The fraction of sp³-hybridized carbons (Fsp3) is 0.136. The second-order valence-electron chi connectivity index (χ2n) is 6.58. The second kappa shape index (κ2) is 8.27. The predicted molar refractivity (Wildman–Crippen MR) is 112 cm³/mol. The van der Waals surface area contributed by atoms with E-state index in [4.69, 9.17) is 0 Å². The zero-order valence-corrected chi connectivity index (χ0v) is 16.6. The Morgan fingerprint density at radius 3 is 2.18 bits per heavy atom. The topological polar surface area (TPSA) is 66.5 Å². The molecule has 0 radical (unpaired) electrons. The number of hydrogen-bond donors (Lipinski definition) is 1. The van der Waals surface area contributed by atoms with Crippen LogP contribution in [0.5, 0.6) is 0 Å². The molecule has 3 aromatic carbocycles. The van der Waals surface area contributed by atoms with Crippen LogP contribution < -0.4 is 9.62 Å². The number of aryl methyl sites for hydroxylation is 2. The van der Waals surface area contributed by atoms with E-state index in [1.165, 1.54) is 0 Å². The lowest BCUT2D eigenvalue weighted by atomic mass is 10.2. The van der Waals surface area contributed by atoms with E-state index >= 15 is 0 Å². The average Bonchev–Trinajstić information content (AvgIpc) is 2.67. The normalized spacial score (nSPS) is 11.1. The Bertz CT molecular complexity index is 1060. The van der Waals surface area contributed by atoms with Crippen LogP contribution in [0.15, 0.2) is 83.8 Å². The van der Waals surface area contributed by atoms with E-state index in [9.17, 15) is 13.2 Å². The molecule has 0 aliphatic heterocycles. The van der Waals surface area contributed by atoms with Crippen molar-refractivity contribution in [1.29, 1.82) is 0 Å². The van der Waals surface area contributed by atoms with Crippen LogP contribution >= 0.6 is 0 Å². The van der Waals surface area contributed by atoms with Crippen molar-refractivity contribution in [3.05, 3.63) is 90.0 Å². The molecule has 144 valence electrons. The molecule has 0 heterocycles. The van der Waals surface area contributed by atoms with Crippen molar-refractivity contribution in [2.45, 2.75) is 18.7 Å². The van der Waals surface area contributed by atoms with Gasteiger partial charge >= 0.3 is 0 Å². The maximum absolute atomic E-state index is 13.2. The molecule has 0 aliphatic carbocycles. The molecule has 1 N–H and O–H groups in total. The summed E-state index contributed by atoms with van der Waals surface area (Å²) in [4.78, 5) is 12.8. The van der Waals surface area contributed by atoms with Gasteiger partial charge in [-0.1, -0.05) is 48.0 Å². The highest BCUT2D eigenvalue weighted by molar-refractivity contribution is 7.92. The van der Waals surface area contributed by atoms with Gasteiger partial charge in [-0.15, -0.1) is 0 Å². The summed E-state index contributed by atoms with van der Waals surface area (Å²) >= 11 is 0. The quantitative estimate of drug-likeness (QED) is 0.683. The fourth-order valence-corrected chi connectivity index (χ4v) is 4.22. The molecule has 0 spiro atoms. The zero-order chi connectivity index (χ0) is 20.1. The highest BCUT2D eigenvalue weighted by Gasteiger charge is 2.27. The van der Waals surface area contributed by atoms with Crippen molar-refractivity contribution in [3.8, 4) is 0 Å². The van der Waals surface area contributed by atoms with E-state index in [2.05, 4.69) is 5.32 Å². The highest BCUT2D eigenvalue weighted by Crippen LogP contribution is 2.24. The summed E-state index contributed by atoms with van der Waals surface area (Å²) in [6.07, 6.45) is 0. The number of carbonyl (C=O) groups excluding carboxylic acids is 1. The molecular weight excluding hydrogens is 372 g/mol. The molecule has 0 aliphatic rings. The maximum atomic E-state index is 13.2. The monoisotopic (exact) mass is 394 g/mol.